The van der Waals surface area contributed by atoms with Crippen molar-refractivity contribution in [3.8, 4) is 11.3 Å². The van der Waals surface area contributed by atoms with Gasteiger partial charge in [0.25, 0.3) is 0 Å². The molecule has 0 radical (unpaired) electrons. The molecule has 1 aromatic carbocycles. The number of fused-ring (bicyclic) bond motifs is 1. The number of carbonyl (C=O) groups is 1. The van der Waals surface area contributed by atoms with Crippen LogP contribution in [-0.4, -0.2) is 20.8 Å². The zero-order valence-corrected chi connectivity index (χ0v) is 9.62. The van der Waals surface area contributed by atoms with E-state index in [0.717, 1.165) is 16.5 Å². The van der Waals surface area contributed by atoms with Gasteiger partial charge in [-0.05, 0) is 12.1 Å². The third-order valence-electron chi connectivity index (χ3n) is 2.97. The van der Waals surface area contributed by atoms with Crippen molar-refractivity contribution >= 4 is 16.9 Å². The van der Waals surface area contributed by atoms with E-state index in [1.54, 1.807) is 0 Å². The fourth-order valence-corrected chi connectivity index (χ4v) is 2.09. The average molecular weight is 242 g/mol. The van der Waals surface area contributed by atoms with Gasteiger partial charge in [0, 0.05) is 29.7 Å². The van der Waals surface area contributed by atoms with Crippen LogP contribution in [0.2, 0.25) is 0 Å². The monoisotopic (exact) mass is 242 g/mol. The highest BCUT2D eigenvalue weighted by molar-refractivity contribution is 6.01. The summed E-state index contributed by atoms with van der Waals surface area (Å²) in [7, 11) is 1.94. The lowest BCUT2D eigenvalue weighted by Crippen LogP contribution is -1.96. The first-order valence-electron chi connectivity index (χ1n) is 5.41. The summed E-state index contributed by atoms with van der Waals surface area (Å²) in [5.74, 6) is -0.751. The van der Waals surface area contributed by atoms with E-state index in [1.165, 1.54) is 6.20 Å². The van der Waals surface area contributed by atoms with Gasteiger partial charge in [-0.3, -0.25) is 0 Å². The van der Waals surface area contributed by atoms with Gasteiger partial charge in [-0.1, -0.05) is 17.3 Å². The smallest absolute Gasteiger partial charge is 0.341 e. The Morgan fingerprint density at radius 1 is 1.39 bits per heavy atom. The highest BCUT2D eigenvalue weighted by atomic mass is 16.5. The maximum atomic E-state index is 11.1. The molecule has 18 heavy (non-hydrogen) atoms. The number of rotatable bonds is 2. The van der Waals surface area contributed by atoms with Gasteiger partial charge in [-0.2, -0.15) is 0 Å². The summed E-state index contributed by atoms with van der Waals surface area (Å²) in [5, 5.41) is 13.6. The molecule has 3 rings (SSSR count). The second kappa shape index (κ2) is 3.73. The summed E-state index contributed by atoms with van der Waals surface area (Å²) >= 11 is 0. The molecule has 0 aliphatic heterocycles. The number of nitrogens with zero attached hydrogens (tertiary/aromatic N) is 2. The Balaban J connectivity index is 2.32. The minimum Gasteiger partial charge on any atom is -0.477 e. The van der Waals surface area contributed by atoms with Gasteiger partial charge >= 0.3 is 5.97 Å². The van der Waals surface area contributed by atoms with Crippen LogP contribution in [-0.2, 0) is 7.05 Å². The predicted octanol–water partition coefficient (Wildman–Crippen LogP) is 2.53. The molecule has 0 aliphatic rings. The minimum atomic E-state index is -1.04. The Kier molecular flexibility index (Phi) is 2.19. The van der Waals surface area contributed by atoms with Gasteiger partial charge in [-0.15, -0.1) is 0 Å². The van der Waals surface area contributed by atoms with Crippen molar-refractivity contribution in [2.45, 2.75) is 0 Å². The number of carboxylic acids is 1. The molecule has 0 spiro atoms. The molecule has 0 amide bonds. The zero-order valence-electron chi connectivity index (χ0n) is 9.62. The highest BCUT2D eigenvalue weighted by Gasteiger charge is 2.19. The van der Waals surface area contributed by atoms with Crippen LogP contribution in [0.4, 0.5) is 0 Å². The van der Waals surface area contributed by atoms with E-state index >= 15 is 0 Å². The van der Waals surface area contributed by atoms with Crippen molar-refractivity contribution in [2.75, 3.05) is 0 Å². The molecule has 1 N–H and O–H groups in total. The second-order valence-electron chi connectivity index (χ2n) is 4.04. The molecule has 0 saturated carbocycles. The SMILES string of the molecule is Cn1ccc2c(-c3oncc3C(=O)O)cccc21. The largest absolute Gasteiger partial charge is 0.477 e. The minimum absolute atomic E-state index is 0.0753. The van der Waals surface area contributed by atoms with E-state index in [4.69, 9.17) is 9.63 Å². The summed E-state index contributed by atoms with van der Waals surface area (Å²) in [6.45, 7) is 0. The molecule has 0 atom stereocenters. The topological polar surface area (TPSA) is 68.3 Å². The molecule has 2 aromatic heterocycles. The molecule has 0 unspecified atom stereocenters. The number of hydrogen-bond donors (Lipinski definition) is 1. The van der Waals surface area contributed by atoms with E-state index < -0.39 is 5.97 Å². The van der Waals surface area contributed by atoms with Crippen LogP contribution in [0.1, 0.15) is 10.4 Å². The highest BCUT2D eigenvalue weighted by Crippen LogP contribution is 2.31. The molecule has 0 saturated heterocycles. The number of benzene rings is 1. The van der Waals surface area contributed by atoms with Gasteiger partial charge in [0.1, 0.15) is 5.56 Å². The third-order valence-corrected chi connectivity index (χ3v) is 2.97. The molecule has 5 nitrogen and oxygen atoms in total. The first-order chi connectivity index (χ1) is 8.68. The number of aromatic nitrogens is 2. The van der Waals surface area contributed by atoms with Crippen LogP contribution in [0.15, 0.2) is 41.2 Å². The summed E-state index contributed by atoms with van der Waals surface area (Å²) < 4.78 is 7.06. The first-order valence-corrected chi connectivity index (χ1v) is 5.41. The molecule has 5 heteroatoms. The van der Waals surface area contributed by atoms with Gasteiger partial charge in [0.15, 0.2) is 5.76 Å². The standard InChI is InChI=1S/C13H10N2O3/c1-15-6-5-8-9(3-2-4-11(8)15)12-10(13(16)17)7-14-18-12/h2-7H,1H3,(H,16,17). The Labute approximate surface area is 102 Å². The molecule has 0 bridgehead atoms. The lowest BCUT2D eigenvalue weighted by molar-refractivity contribution is 0.0697. The maximum absolute atomic E-state index is 11.1. The van der Waals surface area contributed by atoms with Crippen molar-refractivity contribution in [3.63, 3.8) is 0 Å². The molecule has 90 valence electrons. The quantitative estimate of drug-likeness (QED) is 0.749. The van der Waals surface area contributed by atoms with Crippen molar-refractivity contribution in [1.29, 1.82) is 0 Å². The van der Waals surface area contributed by atoms with Gasteiger partial charge < -0.3 is 14.2 Å². The Morgan fingerprint density at radius 2 is 2.22 bits per heavy atom. The van der Waals surface area contributed by atoms with E-state index in [-0.39, 0.29) is 5.56 Å². The molecule has 3 aromatic rings. The Bertz CT molecular complexity index is 740. The van der Waals surface area contributed by atoms with Crippen LogP contribution in [0.5, 0.6) is 0 Å². The van der Waals surface area contributed by atoms with Gasteiger partial charge in [-0.25, -0.2) is 4.79 Å². The van der Waals surface area contributed by atoms with Crippen LogP contribution < -0.4 is 0 Å². The van der Waals surface area contributed by atoms with Crippen molar-refractivity contribution in [3.05, 3.63) is 42.2 Å². The third kappa shape index (κ3) is 1.41. The number of carboxylic acid groups (broad SMARTS) is 1. The fourth-order valence-electron chi connectivity index (χ4n) is 2.09. The summed E-state index contributed by atoms with van der Waals surface area (Å²) in [5.41, 5.74) is 1.83. The van der Waals surface area contributed by atoms with Gasteiger partial charge in [0.05, 0.1) is 6.20 Å². The lowest BCUT2D eigenvalue weighted by Gasteiger charge is -2.01. The van der Waals surface area contributed by atoms with Gasteiger partial charge in [0.2, 0.25) is 0 Å². The normalized spacial score (nSPS) is 10.9. The summed E-state index contributed by atoms with van der Waals surface area (Å²) in [6, 6.07) is 7.59. The predicted molar refractivity (Wildman–Crippen MR) is 65.4 cm³/mol. The summed E-state index contributed by atoms with van der Waals surface area (Å²) in [6.07, 6.45) is 3.14. The number of aromatic carboxylic acids is 1. The second-order valence-corrected chi connectivity index (χ2v) is 4.04. The van der Waals surface area contributed by atoms with Crippen molar-refractivity contribution in [1.82, 2.24) is 9.72 Å². The van der Waals surface area contributed by atoms with E-state index in [2.05, 4.69) is 5.16 Å². The lowest BCUT2D eigenvalue weighted by atomic mass is 10.1. The van der Waals surface area contributed by atoms with E-state index in [1.807, 2.05) is 42.1 Å². The average Bonchev–Trinajstić information content (AvgIpc) is 2.96. The molecule has 0 aliphatic carbocycles. The van der Waals surface area contributed by atoms with E-state index in [0.29, 0.717) is 5.76 Å². The molecule has 0 fully saturated rings. The van der Waals surface area contributed by atoms with Crippen molar-refractivity contribution < 1.29 is 14.4 Å². The Morgan fingerprint density at radius 3 is 3.00 bits per heavy atom. The first kappa shape index (κ1) is 10.6. The number of hydrogen-bond acceptors (Lipinski definition) is 3. The van der Waals surface area contributed by atoms with Crippen LogP contribution >= 0.6 is 0 Å². The Hall–Kier alpha value is -2.56. The van der Waals surface area contributed by atoms with Crippen molar-refractivity contribution in [2.24, 2.45) is 7.05 Å². The van der Waals surface area contributed by atoms with Crippen LogP contribution in [0, 0.1) is 0 Å². The van der Waals surface area contributed by atoms with E-state index in [9.17, 15) is 4.79 Å². The molecular formula is C13H10N2O3. The molecule has 2 heterocycles. The number of aryl methyl sites for hydroxylation is 1. The molecular weight excluding hydrogens is 232 g/mol. The van der Waals surface area contributed by atoms with Crippen LogP contribution in [0.3, 0.4) is 0 Å². The zero-order chi connectivity index (χ0) is 12.7. The maximum Gasteiger partial charge on any atom is 0.341 e. The fraction of sp³-hybridized carbons (Fsp3) is 0.0769. The summed E-state index contributed by atoms with van der Waals surface area (Å²) in [4.78, 5) is 11.1. The van der Waals surface area contributed by atoms with Crippen LogP contribution in [0.25, 0.3) is 22.2 Å².